The first-order valence-corrected chi connectivity index (χ1v) is 8.07. The van der Waals surface area contributed by atoms with Crippen molar-refractivity contribution in [3.05, 3.63) is 0 Å². The van der Waals surface area contributed by atoms with Gasteiger partial charge < -0.3 is 10.5 Å². The van der Waals surface area contributed by atoms with Crippen molar-refractivity contribution in [1.29, 1.82) is 0 Å². The van der Waals surface area contributed by atoms with Gasteiger partial charge in [-0.05, 0) is 27.7 Å². The minimum Gasteiger partial charge on any atom is -0.374 e. The van der Waals surface area contributed by atoms with Crippen LogP contribution in [0.5, 0.6) is 0 Å². The lowest BCUT2D eigenvalue weighted by molar-refractivity contribution is -0.163. The van der Waals surface area contributed by atoms with Crippen molar-refractivity contribution in [3.8, 4) is 0 Å². The molecule has 2 rings (SSSR count). The highest BCUT2D eigenvalue weighted by molar-refractivity contribution is 7.91. The van der Waals surface area contributed by atoms with E-state index in [9.17, 15) is 8.42 Å². The second kappa shape index (κ2) is 4.37. The first kappa shape index (κ1) is 14.6. The first-order valence-electron chi connectivity index (χ1n) is 5.81. The number of nitrogens with two attached hydrogens (primary N) is 1. The van der Waals surface area contributed by atoms with Gasteiger partial charge in [0.2, 0.25) is 9.47 Å². The predicted molar refractivity (Wildman–Crippen MR) is 72.3 cm³/mol. The summed E-state index contributed by atoms with van der Waals surface area (Å²) in [5.41, 5.74) is 4.35. The zero-order valence-electron chi connectivity index (χ0n) is 11.4. The Morgan fingerprint density at radius 3 is 2.16 bits per heavy atom. The molecule has 0 radical (unpaired) electrons. The highest BCUT2D eigenvalue weighted by atomic mass is 32.2. The summed E-state index contributed by atoms with van der Waals surface area (Å²) in [5, 5.41) is 7.33. The van der Waals surface area contributed by atoms with E-state index >= 15 is 0 Å². The molecule has 2 N–H and O–H groups in total. The number of ether oxygens (including phenoxy) is 1. The molecule has 19 heavy (non-hydrogen) atoms. The van der Waals surface area contributed by atoms with E-state index < -0.39 is 21.2 Å². The Labute approximate surface area is 116 Å². The second-order valence-corrected chi connectivity index (χ2v) is 8.92. The van der Waals surface area contributed by atoms with Crippen molar-refractivity contribution in [1.82, 2.24) is 14.5 Å². The summed E-state index contributed by atoms with van der Waals surface area (Å²) in [5.74, 6) is 0. The summed E-state index contributed by atoms with van der Waals surface area (Å²) >= 11 is 0.874. The van der Waals surface area contributed by atoms with E-state index in [-0.39, 0.29) is 22.6 Å². The van der Waals surface area contributed by atoms with Crippen molar-refractivity contribution in [2.24, 2.45) is 0 Å². The lowest BCUT2D eigenvalue weighted by Crippen LogP contribution is -2.58. The maximum Gasteiger partial charge on any atom is 0.272 e. The van der Waals surface area contributed by atoms with Gasteiger partial charge in [-0.25, -0.2) is 8.42 Å². The lowest BCUT2D eigenvalue weighted by Gasteiger charge is -2.45. The third kappa shape index (κ3) is 3.04. The smallest absolute Gasteiger partial charge is 0.272 e. The summed E-state index contributed by atoms with van der Waals surface area (Å²) in [6.07, 6.45) is 0. The molecule has 7 nitrogen and oxygen atoms in total. The Hall–Kier alpha value is -0.770. The summed E-state index contributed by atoms with van der Waals surface area (Å²) < 4.78 is 32.2. The van der Waals surface area contributed by atoms with E-state index in [0.29, 0.717) is 0 Å². The summed E-state index contributed by atoms with van der Waals surface area (Å²) in [7, 11) is -3.67. The Morgan fingerprint density at radius 1 is 1.21 bits per heavy atom. The van der Waals surface area contributed by atoms with Crippen molar-refractivity contribution >= 4 is 26.5 Å². The SMILES string of the molecule is CC1(C)CN(S(=O)(=O)c2nnc(N)s2)CC(C)(C)O1. The molecular formula is C10H18N4O3S2. The van der Waals surface area contributed by atoms with Crippen LogP contribution in [0.25, 0.3) is 0 Å². The van der Waals surface area contributed by atoms with Crippen LogP contribution in [0.15, 0.2) is 4.34 Å². The fourth-order valence-corrected chi connectivity index (χ4v) is 4.99. The van der Waals surface area contributed by atoms with Crippen LogP contribution in [0.1, 0.15) is 27.7 Å². The van der Waals surface area contributed by atoms with Crippen LogP contribution in [0.4, 0.5) is 5.13 Å². The third-order valence-electron chi connectivity index (χ3n) is 2.65. The van der Waals surface area contributed by atoms with E-state index in [1.54, 1.807) is 0 Å². The summed E-state index contributed by atoms with van der Waals surface area (Å²) in [6.45, 7) is 8.02. The topological polar surface area (TPSA) is 98.4 Å². The van der Waals surface area contributed by atoms with Gasteiger partial charge in [-0.1, -0.05) is 11.3 Å². The summed E-state index contributed by atoms with van der Waals surface area (Å²) in [6, 6.07) is 0. The standard InChI is InChI=1S/C10H18N4O3S2/c1-9(2)5-14(6-10(3,4)17-9)19(15,16)8-13-12-7(11)18-8/h5-6H2,1-4H3,(H2,11,12). The van der Waals surface area contributed by atoms with Crippen LogP contribution in [0.2, 0.25) is 0 Å². The van der Waals surface area contributed by atoms with Gasteiger partial charge in [-0.2, -0.15) is 4.31 Å². The molecule has 0 amide bonds. The number of hydrogen-bond donors (Lipinski definition) is 1. The fourth-order valence-electron chi connectivity index (χ4n) is 2.32. The van der Waals surface area contributed by atoms with Crippen LogP contribution < -0.4 is 5.73 Å². The van der Waals surface area contributed by atoms with Gasteiger partial charge in [0.25, 0.3) is 10.0 Å². The van der Waals surface area contributed by atoms with Gasteiger partial charge in [0.15, 0.2) is 0 Å². The molecule has 0 unspecified atom stereocenters. The average molecular weight is 306 g/mol. The zero-order chi connectivity index (χ0) is 14.5. The van der Waals surface area contributed by atoms with Crippen molar-refractivity contribution in [2.45, 2.75) is 43.2 Å². The van der Waals surface area contributed by atoms with Crippen LogP contribution in [-0.4, -0.2) is 47.2 Å². The van der Waals surface area contributed by atoms with Crippen LogP contribution in [-0.2, 0) is 14.8 Å². The molecule has 1 fully saturated rings. The van der Waals surface area contributed by atoms with E-state index in [1.807, 2.05) is 27.7 Å². The van der Waals surface area contributed by atoms with Crippen molar-refractivity contribution in [2.75, 3.05) is 18.8 Å². The zero-order valence-corrected chi connectivity index (χ0v) is 13.0. The molecule has 1 saturated heterocycles. The number of aromatic nitrogens is 2. The number of anilines is 1. The van der Waals surface area contributed by atoms with E-state index in [4.69, 9.17) is 10.5 Å². The molecule has 0 aromatic carbocycles. The van der Waals surface area contributed by atoms with Crippen LogP contribution in [0.3, 0.4) is 0 Å². The number of morpholine rings is 1. The third-order valence-corrected chi connectivity index (χ3v) is 5.54. The van der Waals surface area contributed by atoms with Crippen LogP contribution in [0, 0.1) is 0 Å². The lowest BCUT2D eigenvalue weighted by atomic mass is 10.0. The number of nitrogens with zero attached hydrogens (tertiary/aromatic N) is 3. The molecule has 0 aliphatic carbocycles. The van der Waals surface area contributed by atoms with Gasteiger partial charge in [0.05, 0.1) is 11.2 Å². The second-order valence-electron chi connectivity index (χ2n) is 5.80. The molecule has 1 aliphatic heterocycles. The molecule has 1 aromatic rings. The first-order chi connectivity index (χ1) is 8.52. The summed E-state index contributed by atoms with van der Waals surface area (Å²) in [4.78, 5) is 0. The Bertz CT molecular complexity index is 563. The quantitative estimate of drug-likeness (QED) is 0.863. The molecule has 0 saturated carbocycles. The van der Waals surface area contributed by atoms with E-state index in [0.717, 1.165) is 11.3 Å². The maximum atomic E-state index is 12.5. The van der Waals surface area contributed by atoms with Crippen LogP contribution >= 0.6 is 11.3 Å². The monoisotopic (exact) mass is 306 g/mol. The molecule has 1 aromatic heterocycles. The average Bonchev–Trinajstić information content (AvgIpc) is 2.60. The van der Waals surface area contributed by atoms with Gasteiger partial charge in [0.1, 0.15) is 0 Å². The Morgan fingerprint density at radius 2 is 1.74 bits per heavy atom. The normalized spacial score (nSPS) is 23.4. The predicted octanol–water partition coefficient (Wildman–Crippen LogP) is 0.698. The van der Waals surface area contributed by atoms with E-state index in [1.165, 1.54) is 4.31 Å². The molecule has 0 bridgehead atoms. The molecule has 2 heterocycles. The van der Waals surface area contributed by atoms with Crippen molar-refractivity contribution < 1.29 is 13.2 Å². The fraction of sp³-hybridized carbons (Fsp3) is 0.800. The molecule has 108 valence electrons. The van der Waals surface area contributed by atoms with Gasteiger partial charge in [0, 0.05) is 13.1 Å². The molecule has 0 spiro atoms. The molecule has 0 atom stereocenters. The highest BCUT2D eigenvalue weighted by Gasteiger charge is 2.44. The Balaban J connectivity index is 2.35. The minimum atomic E-state index is -3.67. The largest absolute Gasteiger partial charge is 0.374 e. The van der Waals surface area contributed by atoms with E-state index in [2.05, 4.69) is 10.2 Å². The maximum absolute atomic E-state index is 12.5. The van der Waals surface area contributed by atoms with Gasteiger partial charge in [-0.15, -0.1) is 10.2 Å². The van der Waals surface area contributed by atoms with Gasteiger partial charge >= 0.3 is 0 Å². The number of hydrogen-bond acceptors (Lipinski definition) is 7. The highest BCUT2D eigenvalue weighted by Crippen LogP contribution is 2.32. The Kier molecular flexibility index (Phi) is 3.37. The number of sulfonamides is 1. The van der Waals surface area contributed by atoms with Crippen molar-refractivity contribution in [3.63, 3.8) is 0 Å². The molecule has 9 heteroatoms. The molecular weight excluding hydrogens is 288 g/mol. The number of rotatable bonds is 2. The number of nitrogen functional groups attached to an aromatic ring is 1. The minimum absolute atomic E-state index is 0.0708. The molecule has 1 aliphatic rings. The van der Waals surface area contributed by atoms with Gasteiger partial charge in [-0.3, -0.25) is 0 Å².